The maximum absolute atomic E-state index is 4.29. The van der Waals surface area contributed by atoms with Crippen molar-refractivity contribution in [3.05, 3.63) is 47.8 Å². The van der Waals surface area contributed by atoms with Crippen LogP contribution in [0.2, 0.25) is 0 Å². The van der Waals surface area contributed by atoms with E-state index in [1.165, 1.54) is 18.4 Å². The highest BCUT2D eigenvalue weighted by Crippen LogP contribution is 2.28. The van der Waals surface area contributed by atoms with Gasteiger partial charge in [0.15, 0.2) is 0 Å². The summed E-state index contributed by atoms with van der Waals surface area (Å²) in [5.41, 5.74) is 2.57. The molecule has 0 amide bonds. The number of aromatic amines is 1. The molecule has 2 aromatic rings. The summed E-state index contributed by atoms with van der Waals surface area (Å²) < 4.78 is 0. The lowest BCUT2D eigenvalue weighted by Gasteiger charge is -2.31. The third-order valence-corrected chi connectivity index (χ3v) is 3.91. The molecule has 0 spiro atoms. The van der Waals surface area contributed by atoms with E-state index < -0.39 is 0 Å². The zero-order chi connectivity index (χ0) is 13.1. The Morgan fingerprint density at radius 3 is 2.79 bits per heavy atom. The Balaban J connectivity index is 1.57. The van der Waals surface area contributed by atoms with Gasteiger partial charge in [0.2, 0.25) is 0 Å². The number of likely N-dealkylation sites (tertiary alicyclic amines) is 1. The van der Waals surface area contributed by atoms with Crippen LogP contribution in [0, 0.1) is 6.92 Å². The van der Waals surface area contributed by atoms with Gasteiger partial charge in [-0.2, -0.15) is 0 Å². The number of hydrogen-bond acceptors (Lipinski definition) is 3. The van der Waals surface area contributed by atoms with Crippen molar-refractivity contribution in [2.75, 3.05) is 13.1 Å². The average molecular weight is 256 g/mol. The number of pyridine rings is 1. The van der Waals surface area contributed by atoms with E-state index in [1.54, 1.807) is 0 Å². The zero-order valence-corrected chi connectivity index (χ0v) is 11.3. The lowest BCUT2D eigenvalue weighted by Crippen LogP contribution is -2.32. The van der Waals surface area contributed by atoms with Crippen molar-refractivity contribution in [2.24, 2.45) is 0 Å². The maximum Gasteiger partial charge on any atom is 0.120 e. The molecule has 1 saturated heterocycles. The number of rotatable bonds is 3. The molecular weight excluding hydrogens is 236 g/mol. The third kappa shape index (κ3) is 3.01. The van der Waals surface area contributed by atoms with E-state index in [4.69, 9.17) is 0 Å². The van der Waals surface area contributed by atoms with Crippen molar-refractivity contribution in [3.8, 4) is 0 Å². The SMILES string of the molecule is Cc1cc(C2CCN(Cc3ncc[nH]3)CC2)ccn1. The van der Waals surface area contributed by atoms with Crippen molar-refractivity contribution in [3.63, 3.8) is 0 Å². The van der Waals surface area contributed by atoms with E-state index in [-0.39, 0.29) is 0 Å². The van der Waals surface area contributed by atoms with Gasteiger partial charge in [-0.1, -0.05) is 0 Å². The minimum atomic E-state index is 0.689. The summed E-state index contributed by atoms with van der Waals surface area (Å²) in [4.78, 5) is 14.2. The standard InChI is InChI=1S/C15H20N4/c1-12-10-14(2-5-16-12)13-3-8-19(9-4-13)11-15-17-6-7-18-15/h2,5-7,10,13H,3-4,8-9,11H2,1H3,(H,17,18). The molecule has 1 fully saturated rings. The van der Waals surface area contributed by atoms with E-state index in [0.717, 1.165) is 31.2 Å². The van der Waals surface area contributed by atoms with Gasteiger partial charge in [-0.15, -0.1) is 0 Å². The molecule has 0 saturated carbocycles. The number of aryl methyl sites for hydroxylation is 1. The average Bonchev–Trinajstić information content (AvgIpc) is 2.92. The van der Waals surface area contributed by atoms with E-state index >= 15 is 0 Å². The molecule has 1 aliphatic rings. The quantitative estimate of drug-likeness (QED) is 0.917. The summed E-state index contributed by atoms with van der Waals surface area (Å²) in [5, 5.41) is 0. The van der Waals surface area contributed by atoms with Gasteiger partial charge < -0.3 is 4.98 Å². The first-order valence-electron chi connectivity index (χ1n) is 6.94. The molecule has 1 N–H and O–H groups in total. The molecule has 1 aliphatic heterocycles. The highest BCUT2D eigenvalue weighted by Gasteiger charge is 2.21. The summed E-state index contributed by atoms with van der Waals surface area (Å²) in [5.74, 6) is 1.76. The normalized spacial score (nSPS) is 17.7. The maximum atomic E-state index is 4.29. The summed E-state index contributed by atoms with van der Waals surface area (Å²) in [7, 11) is 0. The summed E-state index contributed by atoms with van der Waals surface area (Å²) in [6, 6.07) is 4.40. The second kappa shape index (κ2) is 5.53. The van der Waals surface area contributed by atoms with E-state index in [9.17, 15) is 0 Å². The highest BCUT2D eigenvalue weighted by atomic mass is 15.1. The van der Waals surface area contributed by atoms with Gasteiger partial charge in [0.25, 0.3) is 0 Å². The van der Waals surface area contributed by atoms with Crippen LogP contribution in [0.1, 0.15) is 35.8 Å². The molecule has 0 unspecified atom stereocenters. The Morgan fingerprint density at radius 2 is 2.11 bits per heavy atom. The van der Waals surface area contributed by atoms with E-state index in [1.807, 2.05) is 18.6 Å². The van der Waals surface area contributed by atoms with Gasteiger partial charge in [0, 0.05) is 24.3 Å². The minimum absolute atomic E-state index is 0.689. The van der Waals surface area contributed by atoms with Gasteiger partial charge >= 0.3 is 0 Å². The second-order valence-corrected chi connectivity index (χ2v) is 5.32. The number of imidazole rings is 1. The molecule has 4 nitrogen and oxygen atoms in total. The Labute approximate surface area is 113 Å². The lowest BCUT2D eigenvalue weighted by molar-refractivity contribution is 0.200. The molecule has 0 aromatic carbocycles. The predicted octanol–water partition coefficient (Wildman–Crippen LogP) is 2.49. The number of nitrogens with zero attached hydrogens (tertiary/aromatic N) is 3. The van der Waals surface area contributed by atoms with E-state index in [0.29, 0.717) is 5.92 Å². The van der Waals surface area contributed by atoms with Crippen LogP contribution in [0.4, 0.5) is 0 Å². The molecule has 0 radical (unpaired) electrons. The molecular formula is C15H20N4. The second-order valence-electron chi connectivity index (χ2n) is 5.32. The highest BCUT2D eigenvalue weighted by molar-refractivity contribution is 5.20. The van der Waals surface area contributed by atoms with Crippen molar-refractivity contribution in [2.45, 2.75) is 32.2 Å². The third-order valence-electron chi connectivity index (χ3n) is 3.91. The molecule has 4 heteroatoms. The molecule has 0 aliphatic carbocycles. The fraction of sp³-hybridized carbons (Fsp3) is 0.467. The summed E-state index contributed by atoms with van der Waals surface area (Å²) >= 11 is 0. The van der Waals surface area contributed by atoms with Crippen molar-refractivity contribution in [1.82, 2.24) is 19.9 Å². The first-order chi connectivity index (χ1) is 9.31. The molecule has 100 valence electrons. The van der Waals surface area contributed by atoms with E-state index in [2.05, 4.69) is 38.9 Å². The van der Waals surface area contributed by atoms with Crippen molar-refractivity contribution < 1.29 is 0 Å². The minimum Gasteiger partial charge on any atom is -0.348 e. The fourth-order valence-corrected chi connectivity index (χ4v) is 2.84. The number of aromatic nitrogens is 3. The van der Waals surface area contributed by atoms with Crippen LogP contribution in [-0.4, -0.2) is 32.9 Å². The Morgan fingerprint density at radius 1 is 1.26 bits per heavy atom. The fourth-order valence-electron chi connectivity index (χ4n) is 2.84. The van der Waals surface area contributed by atoms with Crippen LogP contribution in [0.3, 0.4) is 0 Å². The van der Waals surface area contributed by atoms with Crippen LogP contribution in [0.25, 0.3) is 0 Å². The van der Waals surface area contributed by atoms with Gasteiger partial charge in [0.1, 0.15) is 5.82 Å². The van der Waals surface area contributed by atoms with Crippen LogP contribution < -0.4 is 0 Å². The number of hydrogen-bond donors (Lipinski definition) is 1. The molecule has 19 heavy (non-hydrogen) atoms. The molecule has 3 heterocycles. The summed E-state index contributed by atoms with van der Waals surface area (Å²) in [6.07, 6.45) is 8.10. The Kier molecular flexibility index (Phi) is 3.60. The number of nitrogens with one attached hydrogen (secondary N) is 1. The number of H-pyrrole nitrogens is 1. The molecule has 3 rings (SSSR count). The summed E-state index contributed by atoms with van der Waals surface area (Å²) in [6.45, 7) is 5.30. The topological polar surface area (TPSA) is 44.8 Å². The monoisotopic (exact) mass is 256 g/mol. The van der Waals surface area contributed by atoms with Crippen molar-refractivity contribution >= 4 is 0 Å². The smallest absolute Gasteiger partial charge is 0.120 e. The molecule has 2 aromatic heterocycles. The Hall–Kier alpha value is -1.68. The largest absolute Gasteiger partial charge is 0.348 e. The lowest BCUT2D eigenvalue weighted by atomic mass is 9.89. The zero-order valence-electron chi connectivity index (χ0n) is 11.3. The molecule has 0 atom stereocenters. The van der Waals surface area contributed by atoms with Gasteiger partial charge in [-0.05, 0) is 56.5 Å². The number of piperidine rings is 1. The molecule has 0 bridgehead atoms. The van der Waals surface area contributed by atoms with Crippen LogP contribution in [-0.2, 0) is 6.54 Å². The van der Waals surface area contributed by atoms with Gasteiger partial charge in [0.05, 0.1) is 6.54 Å². The Bertz CT molecular complexity index is 513. The van der Waals surface area contributed by atoms with Crippen LogP contribution in [0.15, 0.2) is 30.7 Å². The van der Waals surface area contributed by atoms with Crippen molar-refractivity contribution in [1.29, 1.82) is 0 Å². The first-order valence-corrected chi connectivity index (χ1v) is 6.94. The van der Waals surface area contributed by atoms with Gasteiger partial charge in [-0.3, -0.25) is 9.88 Å². The first kappa shape index (κ1) is 12.4. The predicted molar refractivity (Wildman–Crippen MR) is 74.8 cm³/mol. The van der Waals surface area contributed by atoms with Gasteiger partial charge in [-0.25, -0.2) is 4.98 Å². The van der Waals surface area contributed by atoms with Crippen LogP contribution >= 0.6 is 0 Å². The van der Waals surface area contributed by atoms with Crippen LogP contribution in [0.5, 0.6) is 0 Å².